The van der Waals surface area contributed by atoms with Gasteiger partial charge in [-0.15, -0.1) is 0 Å². The smallest absolute Gasteiger partial charge is 0.307 e. The van der Waals surface area contributed by atoms with Crippen LogP contribution in [0.5, 0.6) is 0 Å². The van der Waals surface area contributed by atoms with Gasteiger partial charge in [0, 0.05) is 6.04 Å². The molecule has 3 heteroatoms. The molecule has 0 bridgehead atoms. The Morgan fingerprint density at radius 1 is 1.50 bits per heavy atom. The summed E-state index contributed by atoms with van der Waals surface area (Å²) in [5.41, 5.74) is 5.81. The van der Waals surface area contributed by atoms with E-state index in [1.54, 1.807) is 0 Å². The zero-order chi connectivity index (χ0) is 10.4. The highest BCUT2D eigenvalue weighted by Crippen LogP contribution is 2.32. The van der Waals surface area contributed by atoms with Crippen LogP contribution in [0.1, 0.15) is 45.4 Å². The number of hydrogen-bond acceptors (Lipinski definition) is 3. The summed E-state index contributed by atoms with van der Waals surface area (Å²) in [6, 6.07) is 0.0358. The maximum atomic E-state index is 11.2. The van der Waals surface area contributed by atoms with Crippen LogP contribution < -0.4 is 5.73 Å². The lowest BCUT2D eigenvalue weighted by molar-refractivity contribution is -0.144. The molecule has 1 saturated carbocycles. The lowest BCUT2D eigenvalue weighted by Gasteiger charge is -2.09. The molecule has 3 nitrogen and oxygen atoms in total. The Hall–Kier alpha value is -0.570. The van der Waals surface area contributed by atoms with Crippen LogP contribution in [0, 0.1) is 5.92 Å². The first-order chi connectivity index (χ1) is 6.74. The van der Waals surface area contributed by atoms with Crippen LogP contribution in [0.4, 0.5) is 0 Å². The summed E-state index contributed by atoms with van der Waals surface area (Å²) >= 11 is 0. The number of hydrogen-bond donors (Lipinski definition) is 1. The highest BCUT2D eigenvalue weighted by molar-refractivity contribution is 5.70. The first-order valence-electron chi connectivity index (χ1n) is 5.65. The normalized spacial score (nSPS) is 17.9. The second-order valence-electron chi connectivity index (χ2n) is 4.13. The molecule has 0 aliphatic heterocycles. The fourth-order valence-electron chi connectivity index (χ4n) is 1.48. The Morgan fingerprint density at radius 3 is 2.79 bits per heavy atom. The molecule has 82 valence electrons. The Labute approximate surface area is 86.0 Å². The van der Waals surface area contributed by atoms with Gasteiger partial charge in [0.25, 0.3) is 0 Å². The van der Waals surface area contributed by atoms with E-state index < -0.39 is 0 Å². The molecule has 1 fully saturated rings. The third-order valence-corrected chi connectivity index (χ3v) is 2.64. The number of nitrogens with two attached hydrogens (primary N) is 1. The van der Waals surface area contributed by atoms with E-state index >= 15 is 0 Å². The molecule has 1 unspecified atom stereocenters. The lowest BCUT2D eigenvalue weighted by Crippen LogP contribution is -2.27. The summed E-state index contributed by atoms with van der Waals surface area (Å²) in [6.07, 6.45) is 6.02. The highest BCUT2D eigenvalue weighted by atomic mass is 16.5. The van der Waals surface area contributed by atoms with Gasteiger partial charge in [0.05, 0.1) is 13.0 Å². The Kier molecular flexibility index (Phi) is 4.94. The highest BCUT2D eigenvalue weighted by Gasteiger charge is 2.30. The third-order valence-electron chi connectivity index (χ3n) is 2.64. The second-order valence-corrected chi connectivity index (χ2v) is 4.13. The van der Waals surface area contributed by atoms with Gasteiger partial charge in [-0.05, 0) is 25.2 Å². The van der Waals surface area contributed by atoms with Crippen LogP contribution in [-0.4, -0.2) is 18.6 Å². The summed E-state index contributed by atoms with van der Waals surface area (Å²) in [5, 5.41) is 0. The van der Waals surface area contributed by atoms with Gasteiger partial charge in [-0.3, -0.25) is 4.79 Å². The zero-order valence-electron chi connectivity index (χ0n) is 9.00. The van der Waals surface area contributed by atoms with Gasteiger partial charge in [0.15, 0.2) is 0 Å². The number of carbonyl (C=O) groups excluding carboxylic acids is 1. The van der Waals surface area contributed by atoms with Crippen LogP contribution in [-0.2, 0) is 9.53 Å². The summed E-state index contributed by atoms with van der Waals surface area (Å²) < 4.78 is 5.07. The van der Waals surface area contributed by atoms with Gasteiger partial charge >= 0.3 is 5.97 Å². The molecule has 0 spiro atoms. The van der Waals surface area contributed by atoms with Crippen LogP contribution in [0.2, 0.25) is 0 Å². The predicted molar refractivity (Wildman–Crippen MR) is 55.8 cm³/mol. The van der Waals surface area contributed by atoms with Crippen molar-refractivity contribution in [3.8, 4) is 0 Å². The summed E-state index contributed by atoms with van der Waals surface area (Å²) in [5.74, 6) is 0.457. The molecule has 1 atom stereocenters. The third kappa shape index (κ3) is 4.61. The standard InChI is InChI=1S/C11H21NO2/c1-2-3-4-7-14-11(13)8-10(12)9-5-6-9/h9-10H,2-8,12H2,1H3. The van der Waals surface area contributed by atoms with Gasteiger partial charge in [0.2, 0.25) is 0 Å². The molecule has 14 heavy (non-hydrogen) atoms. The minimum atomic E-state index is -0.125. The molecular formula is C11H21NO2. The summed E-state index contributed by atoms with van der Waals surface area (Å²) in [4.78, 5) is 11.2. The Bertz CT molecular complexity index is 178. The summed E-state index contributed by atoms with van der Waals surface area (Å²) in [7, 11) is 0. The van der Waals surface area contributed by atoms with Gasteiger partial charge in [-0.25, -0.2) is 0 Å². The minimum absolute atomic E-state index is 0.0358. The molecule has 0 saturated heterocycles. The molecule has 0 amide bonds. The lowest BCUT2D eigenvalue weighted by atomic mass is 10.1. The van der Waals surface area contributed by atoms with Gasteiger partial charge in [-0.2, -0.15) is 0 Å². The van der Waals surface area contributed by atoms with Crippen molar-refractivity contribution in [3.63, 3.8) is 0 Å². The van der Waals surface area contributed by atoms with Crippen molar-refractivity contribution in [1.82, 2.24) is 0 Å². The van der Waals surface area contributed by atoms with Crippen molar-refractivity contribution < 1.29 is 9.53 Å². The summed E-state index contributed by atoms with van der Waals surface area (Å²) in [6.45, 7) is 2.69. The fraction of sp³-hybridized carbons (Fsp3) is 0.909. The topological polar surface area (TPSA) is 52.3 Å². The number of esters is 1. The average molecular weight is 199 g/mol. The quantitative estimate of drug-likeness (QED) is 0.503. The second kappa shape index (κ2) is 6.02. The van der Waals surface area contributed by atoms with Crippen molar-refractivity contribution in [2.45, 2.75) is 51.5 Å². The first kappa shape index (κ1) is 11.5. The van der Waals surface area contributed by atoms with Gasteiger partial charge in [0.1, 0.15) is 0 Å². The minimum Gasteiger partial charge on any atom is -0.466 e. The Morgan fingerprint density at radius 2 is 2.21 bits per heavy atom. The molecule has 1 aliphatic rings. The molecular weight excluding hydrogens is 178 g/mol. The maximum absolute atomic E-state index is 11.2. The predicted octanol–water partition coefficient (Wildman–Crippen LogP) is 1.85. The van der Waals surface area contributed by atoms with E-state index in [0.717, 1.165) is 19.3 Å². The number of carbonyl (C=O) groups is 1. The molecule has 0 aromatic heterocycles. The maximum Gasteiger partial charge on any atom is 0.307 e. The average Bonchev–Trinajstić information content (AvgIpc) is 2.95. The van der Waals surface area contributed by atoms with E-state index in [0.29, 0.717) is 18.9 Å². The zero-order valence-corrected chi connectivity index (χ0v) is 9.00. The van der Waals surface area contributed by atoms with E-state index in [4.69, 9.17) is 10.5 Å². The number of rotatable bonds is 7. The molecule has 0 radical (unpaired) electrons. The van der Waals surface area contributed by atoms with E-state index in [2.05, 4.69) is 6.92 Å². The SMILES string of the molecule is CCCCCOC(=O)CC(N)C1CC1. The van der Waals surface area contributed by atoms with Crippen LogP contribution in [0.15, 0.2) is 0 Å². The van der Waals surface area contributed by atoms with Crippen molar-refractivity contribution in [1.29, 1.82) is 0 Å². The number of ether oxygens (including phenoxy) is 1. The van der Waals surface area contributed by atoms with Crippen molar-refractivity contribution in [3.05, 3.63) is 0 Å². The number of unbranched alkanes of at least 4 members (excludes halogenated alkanes) is 2. The monoisotopic (exact) mass is 199 g/mol. The molecule has 0 heterocycles. The van der Waals surface area contributed by atoms with Crippen molar-refractivity contribution >= 4 is 5.97 Å². The van der Waals surface area contributed by atoms with Crippen LogP contribution in [0.25, 0.3) is 0 Å². The molecule has 0 aromatic carbocycles. The van der Waals surface area contributed by atoms with Gasteiger partial charge in [-0.1, -0.05) is 19.8 Å². The van der Waals surface area contributed by atoms with E-state index in [-0.39, 0.29) is 12.0 Å². The molecule has 0 aromatic rings. The molecule has 1 aliphatic carbocycles. The first-order valence-corrected chi connectivity index (χ1v) is 5.65. The van der Waals surface area contributed by atoms with Crippen LogP contribution in [0.3, 0.4) is 0 Å². The van der Waals surface area contributed by atoms with E-state index in [1.807, 2.05) is 0 Å². The Balaban J connectivity index is 1.97. The van der Waals surface area contributed by atoms with Gasteiger partial charge < -0.3 is 10.5 Å². The molecule has 2 N–H and O–H groups in total. The van der Waals surface area contributed by atoms with Crippen LogP contribution >= 0.6 is 0 Å². The fourth-order valence-corrected chi connectivity index (χ4v) is 1.48. The van der Waals surface area contributed by atoms with E-state index in [9.17, 15) is 4.79 Å². The van der Waals surface area contributed by atoms with Crippen molar-refractivity contribution in [2.75, 3.05) is 6.61 Å². The molecule has 1 rings (SSSR count). The van der Waals surface area contributed by atoms with E-state index in [1.165, 1.54) is 12.8 Å². The van der Waals surface area contributed by atoms with Crippen molar-refractivity contribution in [2.24, 2.45) is 11.7 Å². The largest absolute Gasteiger partial charge is 0.466 e.